The molecule has 0 aromatic carbocycles. The van der Waals surface area contributed by atoms with Gasteiger partial charge in [-0.3, -0.25) is 4.98 Å². The van der Waals surface area contributed by atoms with Crippen LogP contribution in [0.15, 0.2) is 35.6 Å². The van der Waals surface area contributed by atoms with Crippen LogP contribution in [0.5, 0.6) is 0 Å². The maximum Gasteiger partial charge on any atom is 0.352 e. The highest BCUT2D eigenvalue weighted by molar-refractivity contribution is 7.89. The minimum atomic E-state index is -3.76. The summed E-state index contributed by atoms with van der Waals surface area (Å²) < 4.78 is 26.4. The Labute approximate surface area is 115 Å². The number of aromatic nitrogens is 2. The zero-order chi connectivity index (χ0) is 14.8. The van der Waals surface area contributed by atoms with Crippen molar-refractivity contribution in [2.24, 2.45) is 0 Å². The first-order chi connectivity index (χ1) is 9.40. The Morgan fingerprint density at radius 2 is 2.25 bits per heavy atom. The standard InChI is InChI=1S/C12H13N3O4S/c1-8-2-3-13-5-9(8)6-15-20(18,19)10-4-11(12(16)17)14-7-10/h2-5,7,14-15H,6H2,1H3,(H,16,17). The third-order valence-corrected chi connectivity index (χ3v) is 4.18. The van der Waals surface area contributed by atoms with E-state index in [0.717, 1.165) is 23.4 Å². The van der Waals surface area contributed by atoms with Crippen molar-refractivity contribution >= 4 is 16.0 Å². The van der Waals surface area contributed by atoms with E-state index in [1.54, 1.807) is 18.5 Å². The third-order valence-electron chi connectivity index (χ3n) is 2.80. The number of carboxylic acids is 1. The molecule has 0 aliphatic heterocycles. The summed E-state index contributed by atoms with van der Waals surface area (Å²) in [5, 5.41) is 8.75. The molecule has 0 spiro atoms. The van der Waals surface area contributed by atoms with Crippen LogP contribution >= 0.6 is 0 Å². The average molecular weight is 295 g/mol. The molecule has 2 rings (SSSR count). The van der Waals surface area contributed by atoms with Crippen LogP contribution in [0.2, 0.25) is 0 Å². The van der Waals surface area contributed by atoms with Gasteiger partial charge >= 0.3 is 5.97 Å². The van der Waals surface area contributed by atoms with Crippen LogP contribution in [-0.4, -0.2) is 29.5 Å². The Balaban J connectivity index is 2.15. The first-order valence-electron chi connectivity index (χ1n) is 5.71. The summed E-state index contributed by atoms with van der Waals surface area (Å²) in [7, 11) is -3.76. The van der Waals surface area contributed by atoms with Gasteiger partial charge in [0.1, 0.15) is 10.6 Å². The van der Waals surface area contributed by atoms with E-state index in [1.807, 2.05) is 6.92 Å². The number of carboxylic acid groups (broad SMARTS) is 1. The molecule has 0 saturated heterocycles. The van der Waals surface area contributed by atoms with Gasteiger partial charge in [0.05, 0.1) is 0 Å². The molecule has 0 atom stereocenters. The Morgan fingerprint density at radius 1 is 1.50 bits per heavy atom. The number of H-pyrrole nitrogens is 1. The number of aromatic carboxylic acids is 1. The van der Waals surface area contributed by atoms with E-state index < -0.39 is 16.0 Å². The van der Waals surface area contributed by atoms with Crippen molar-refractivity contribution in [2.45, 2.75) is 18.4 Å². The summed E-state index contributed by atoms with van der Waals surface area (Å²) in [6.45, 7) is 1.94. The van der Waals surface area contributed by atoms with Crippen molar-refractivity contribution in [3.05, 3.63) is 47.5 Å². The molecular formula is C12H13N3O4S. The number of aryl methyl sites for hydroxylation is 1. The lowest BCUT2D eigenvalue weighted by atomic mass is 10.2. The number of aromatic amines is 1. The second-order valence-corrected chi connectivity index (χ2v) is 5.95. The van der Waals surface area contributed by atoms with Crippen LogP contribution in [-0.2, 0) is 16.6 Å². The first-order valence-corrected chi connectivity index (χ1v) is 7.19. The van der Waals surface area contributed by atoms with E-state index in [9.17, 15) is 13.2 Å². The molecule has 20 heavy (non-hydrogen) atoms. The van der Waals surface area contributed by atoms with Gasteiger partial charge in [-0.1, -0.05) is 0 Å². The molecule has 106 valence electrons. The van der Waals surface area contributed by atoms with Gasteiger partial charge in [-0.2, -0.15) is 0 Å². The van der Waals surface area contributed by atoms with Crippen molar-refractivity contribution in [3.63, 3.8) is 0 Å². The molecule has 2 aromatic heterocycles. The molecule has 0 unspecified atom stereocenters. The number of nitrogens with one attached hydrogen (secondary N) is 2. The van der Waals surface area contributed by atoms with E-state index in [1.165, 1.54) is 0 Å². The van der Waals surface area contributed by atoms with Crippen LogP contribution in [0.4, 0.5) is 0 Å². The number of pyridine rings is 1. The number of sulfonamides is 1. The summed E-state index contributed by atoms with van der Waals surface area (Å²) >= 11 is 0. The number of hydrogen-bond donors (Lipinski definition) is 3. The molecule has 2 heterocycles. The van der Waals surface area contributed by atoms with Crippen LogP contribution in [0, 0.1) is 6.92 Å². The van der Waals surface area contributed by atoms with Gasteiger partial charge in [0, 0.05) is 25.1 Å². The SMILES string of the molecule is Cc1ccncc1CNS(=O)(=O)c1c[nH]c(C(=O)O)c1. The highest BCUT2D eigenvalue weighted by atomic mass is 32.2. The Kier molecular flexibility index (Phi) is 3.86. The summed E-state index contributed by atoms with van der Waals surface area (Å²) in [6.07, 6.45) is 4.35. The molecule has 0 saturated carbocycles. The Morgan fingerprint density at radius 3 is 2.85 bits per heavy atom. The largest absolute Gasteiger partial charge is 0.477 e. The van der Waals surface area contributed by atoms with E-state index in [2.05, 4.69) is 14.7 Å². The topological polar surface area (TPSA) is 112 Å². The van der Waals surface area contributed by atoms with Crippen molar-refractivity contribution in [3.8, 4) is 0 Å². The molecule has 0 aliphatic carbocycles. The third kappa shape index (κ3) is 3.03. The van der Waals surface area contributed by atoms with E-state index in [0.29, 0.717) is 0 Å². The molecular weight excluding hydrogens is 282 g/mol. The van der Waals surface area contributed by atoms with Gasteiger partial charge in [0.25, 0.3) is 0 Å². The zero-order valence-electron chi connectivity index (χ0n) is 10.6. The average Bonchev–Trinajstić information content (AvgIpc) is 2.88. The Bertz CT molecular complexity index is 737. The van der Waals surface area contributed by atoms with Gasteiger partial charge in [-0.05, 0) is 30.2 Å². The normalized spacial score (nSPS) is 11.4. The lowest BCUT2D eigenvalue weighted by Crippen LogP contribution is -2.23. The van der Waals surface area contributed by atoms with Crippen LogP contribution in [0.1, 0.15) is 21.6 Å². The maximum atomic E-state index is 12.0. The smallest absolute Gasteiger partial charge is 0.352 e. The van der Waals surface area contributed by atoms with E-state index in [-0.39, 0.29) is 17.1 Å². The second-order valence-electron chi connectivity index (χ2n) is 4.18. The fourth-order valence-electron chi connectivity index (χ4n) is 1.59. The minimum Gasteiger partial charge on any atom is -0.477 e. The monoisotopic (exact) mass is 295 g/mol. The predicted molar refractivity (Wildman–Crippen MR) is 70.8 cm³/mol. The second kappa shape index (κ2) is 5.43. The van der Waals surface area contributed by atoms with Crippen molar-refractivity contribution in [2.75, 3.05) is 0 Å². The quantitative estimate of drug-likeness (QED) is 0.758. The lowest BCUT2D eigenvalue weighted by Gasteiger charge is -2.06. The highest BCUT2D eigenvalue weighted by Crippen LogP contribution is 2.12. The summed E-state index contributed by atoms with van der Waals surface area (Å²) in [6, 6.07) is 2.85. The maximum absolute atomic E-state index is 12.0. The van der Waals surface area contributed by atoms with E-state index >= 15 is 0 Å². The van der Waals surface area contributed by atoms with Crippen LogP contribution < -0.4 is 4.72 Å². The number of nitrogens with zero attached hydrogens (tertiary/aromatic N) is 1. The lowest BCUT2D eigenvalue weighted by molar-refractivity contribution is 0.0691. The number of rotatable bonds is 5. The molecule has 0 amide bonds. The first kappa shape index (κ1) is 14.2. The summed E-state index contributed by atoms with van der Waals surface area (Å²) in [5.74, 6) is -1.21. The summed E-state index contributed by atoms with van der Waals surface area (Å²) in [4.78, 5) is 16.9. The van der Waals surface area contributed by atoms with Gasteiger partial charge in [0.2, 0.25) is 10.0 Å². The van der Waals surface area contributed by atoms with Gasteiger partial charge in [-0.25, -0.2) is 17.9 Å². The molecule has 0 fully saturated rings. The molecule has 8 heteroatoms. The molecule has 3 N–H and O–H groups in total. The fraction of sp³-hybridized carbons (Fsp3) is 0.167. The number of carbonyl (C=O) groups is 1. The van der Waals surface area contributed by atoms with Crippen LogP contribution in [0.3, 0.4) is 0 Å². The molecule has 0 bridgehead atoms. The van der Waals surface area contributed by atoms with Crippen molar-refractivity contribution < 1.29 is 18.3 Å². The van der Waals surface area contributed by atoms with Gasteiger partial charge in [-0.15, -0.1) is 0 Å². The van der Waals surface area contributed by atoms with Gasteiger partial charge in [0.15, 0.2) is 0 Å². The Hall–Kier alpha value is -2.19. The number of hydrogen-bond acceptors (Lipinski definition) is 4. The summed E-state index contributed by atoms with van der Waals surface area (Å²) in [5.41, 5.74) is 1.50. The zero-order valence-corrected chi connectivity index (χ0v) is 11.4. The predicted octanol–water partition coefficient (Wildman–Crippen LogP) is 0.895. The minimum absolute atomic E-state index is 0.0928. The molecule has 7 nitrogen and oxygen atoms in total. The van der Waals surface area contributed by atoms with Crippen molar-refractivity contribution in [1.29, 1.82) is 0 Å². The van der Waals surface area contributed by atoms with Crippen molar-refractivity contribution in [1.82, 2.24) is 14.7 Å². The van der Waals surface area contributed by atoms with E-state index in [4.69, 9.17) is 5.11 Å². The molecule has 2 aromatic rings. The highest BCUT2D eigenvalue weighted by Gasteiger charge is 2.18. The molecule has 0 aliphatic rings. The van der Waals surface area contributed by atoms with Gasteiger partial charge < -0.3 is 10.1 Å². The fourth-order valence-corrected chi connectivity index (χ4v) is 2.59. The van der Waals surface area contributed by atoms with Crippen LogP contribution in [0.25, 0.3) is 0 Å². The molecule has 0 radical (unpaired) electrons.